The van der Waals surface area contributed by atoms with Crippen LogP contribution >= 0.6 is 0 Å². The minimum absolute atomic E-state index is 0.187. The monoisotopic (exact) mass is 262 g/mol. The summed E-state index contributed by atoms with van der Waals surface area (Å²) in [6.45, 7) is 0. The highest BCUT2D eigenvalue weighted by molar-refractivity contribution is 5.67. The van der Waals surface area contributed by atoms with E-state index in [1.165, 1.54) is 30.0 Å². The smallest absolute Gasteiger partial charge is 0.410 e. The fourth-order valence-electron chi connectivity index (χ4n) is 1.39. The standard InChI is InChI=1S/C11H10N4O4/c1-18-9-5-4-8(13-14-9)15-6-2-3-7(10(15)16)19-11(12)17/h2-6H,1H3,(H2,12,17). The second-order valence-corrected chi connectivity index (χ2v) is 3.40. The summed E-state index contributed by atoms with van der Waals surface area (Å²) in [5.74, 6) is 0.398. The van der Waals surface area contributed by atoms with Gasteiger partial charge in [-0.25, -0.2) is 4.79 Å². The summed E-state index contributed by atoms with van der Waals surface area (Å²) in [5.41, 5.74) is 4.30. The van der Waals surface area contributed by atoms with E-state index in [1.807, 2.05) is 0 Å². The molecule has 0 aliphatic carbocycles. The number of nitrogens with two attached hydrogens (primary N) is 1. The average molecular weight is 262 g/mol. The quantitative estimate of drug-likeness (QED) is 0.839. The van der Waals surface area contributed by atoms with Gasteiger partial charge in [0.15, 0.2) is 11.6 Å². The van der Waals surface area contributed by atoms with Gasteiger partial charge in [0.1, 0.15) is 0 Å². The van der Waals surface area contributed by atoms with E-state index >= 15 is 0 Å². The lowest BCUT2D eigenvalue weighted by atomic mass is 10.4. The van der Waals surface area contributed by atoms with Gasteiger partial charge in [-0.3, -0.25) is 9.36 Å². The number of pyridine rings is 1. The van der Waals surface area contributed by atoms with E-state index in [9.17, 15) is 9.59 Å². The number of primary amides is 1. The lowest BCUT2D eigenvalue weighted by molar-refractivity contribution is 0.210. The lowest BCUT2D eigenvalue weighted by Gasteiger charge is -2.06. The van der Waals surface area contributed by atoms with Gasteiger partial charge in [-0.15, -0.1) is 10.2 Å². The molecule has 19 heavy (non-hydrogen) atoms. The summed E-state index contributed by atoms with van der Waals surface area (Å²) in [7, 11) is 1.46. The Labute approximate surface area is 107 Å². The Balaban J connectivity index is 2.44. The van der Waals surface area contributed by atoms with Crippen LogP contribution in [0.15, 0.2) is 35.3 Å². The van der Waals surface area contributed by atoms with Crippen LogP contribution in [0.5, 0.6) is 11.6 Å². The molecular weight excluding hydrogens is 252 g/mol. The van der Waals surface area contributed by atoms with Crippen molar-refractivity contribution in [2.45, 2.75) is 0 Å². The molecule has 0 bridgehead atoms. The summed E-state index contributed by atoms with van der Waals surface area (Å²) < 4.78 is 10.6. The van der Waals surface area contributed by atoms with Crippen molar-refractivity contribution in [1.82, 2.24) is 14.8 Å². The van der Waals surface area contributed by atoms with Gasteiger partial charge in [-0.2, -0.15) is 0 Å². The van der Waals surface area contributed by atoms with Crippen molar-refractivity contribution in [1.29, 1.82) is 0 Å². The molecular formula is C11H10N4O4. The van der Waals surface area contributed by atoms with Crippen molar-refractivity contribution in [2.75, 3.05) is 7.11 Å². The van der Waals surface area contributed by atoms with Crippen LogP contribution in [0.25, 0.3) is 5.82 Å². The molecule has 8 heteroatoms. The molecule has 0 aliphatic heterocycles. The second-order valence-electron chi connectivity index (χ2n) is 3.40. The van der Waals surface area contributed by atoms with Crippen LogP contribution in [0.1, 0.15) is 0 Å². The summed E-state index contributed by atoms with van der Waals surface area (Å²) in [6, 6.07) is 5.95. The van der Waals surface area contributed by atoms with Crippen LogP contribution < -0.4 is 20.8 Å². The van der Waals surface area contributed by atoms with Gasteiger partial charge in [0, 0.05) is 12.3 Å². The van der Waals surface area contributed by atoms with Crippen molar-refractivity contribution < 1.29 is 14.3 Å². The third-order valence-electron chi connectivity index (χ3n) is 2.20. The number of nitrogens with zero attached hydrogens (tertiary/aromatic N) is 3. The first-order valence-electron chi connectivity index (χ1n) is 5.19. The summed E-state index contributed by atoms with van der Waals surface area (Å²) in [5, 5.41) is 7.56. The highest BCUT2D eigenvalue weighted by Crippen LogP contribution is 2.08. The zero-order valence-electron chi connectivity index (χ0n) is 9.94. The van der Waals surface area contributed by atoms with E-state index in [-0.39, 0.29) is 11.6 Å². The van der Waals surface area contributed by atoms with Crippen LogP contribution in [0.4, 0.5) is 4.79 Å². The first-order chi connectivity index (χ1) is 9.11. The lowest BCUT2D eigenvalue weighted by Crippen LogP contribution is -2.25. The molecule has 0 spiro atoms. The van der Waals surface area contributed by atoms with Crippen molar-refractivity contribution >= 4 is 6.09 Å². The number of carbonyl (C=O) groups excluding carboxylic acids is 1. The predicted octanol–water partition coefficient (Wildman–Crippen LogP) is 0.0936. The van der Waals surface area contributed by atoms with Crippen LogP contribution in [-0.2, 0) is 0 Å². The molecule has 8 nitrogen and oxygen atoms in total. The zero-order valence-corrected chi connectivity index (χ0v) is 9.94. The van der Waals surface area contributed by atoms with Gasteiger partial charge in [-0.1, -0.05) is 0 Å². The first-order valence-corrected chi connectivity index (χ1v) is 5.19. The highest BCUT2D eigenvalue weighted by atomic mass is 16.5. The molecule has 2 aromatic heterocycles. The topological polar surface area (TPSA) is 109 Å². The zero-order chi connectivity index (χ0) is 13.8. The largest absolute Gasteiger partial charge is 0.480 e. The van der Waals surface area contributed by atoms with Gasteiger partial charge in [0.05, 0.1) is 7.11 Å². The van der Waals surface area contributed by atoms with Gasteiger partial charge in [0.25, 0.3) is 5.56 Å². The maximum atomic E-state index is 12.0. The molecule has 0 aliphatic rings. The Morgan fingerprint density at radius 1 is 1.32 bits per heavy atom. The predicted molar refractivity (Wildman–Crippen MR) is 64.4 cm³/mol. The normalized spacial score (nSPS) is 9.95. The molecule has 0 unspecified atom stereocenters. The van der Waals surface area contributed by atoms with Crippen molar-refractivity contribution in [3.63, 3.8) is 0 Å². The Morgan fingerprint density at radius 3 is 2.68 bits per heavy atom. The maximum absolute atomic E-state index is 12.0. The number of methoxy groups -OCH3 is 1. The van der Waals surface area contributed by atoms with Gasteiger partial charge in [0.2, 0.25) is 5.88 Å². The maximum Gasteiger partial charge on any atom is 0.410 e. The molecule has 2 N–H and O–H groups in total. The van der Waals surface area contributed by atoms with Gasteiger partial charge < -0.3 is 15.2 Å². The minimum atomic E-state index is -1.06. The summed E-state index contributed by atoms with van der Waals surface area (Å²) in [6.07, 6.45) is 0.405. The second kappa shape index (κ2) is 5.17. The molecule has 1 amide bonds. The Bertz CT molecular complexity index is 650. The number of rotatable bonds is 3. The number of hydrogen-bond donors (Lipinski definition) is 1. The van der Waals surface area contributed by atoms with E-state index in [1.54, 1.807) is 12.1 Å². The fraction of sp³-hybridized carbons (Fsp3) is 0.0909. The molecule has 2 rings (SSSR count). The SMILES string of the molecule is COc1ccc(-n2cccc(OC(N)=O)c2=O)nn1. The average Bonchev–Trinajstić information content (AvgIpc) is 2.41. The van der Waals surface area contributed by atoms with E-state index in [2.05, 4.69) is 14.9 Å². The summed E-state index contributed by atoms with van der Waals surface area (Å²) >= 11 is 0. The molecule has 0 atom stereocenters. The van der Waals surface area contributed by atoms with Crippen molar-refractivity contribution in [2.24, 2.45) is 5.73 Å². The van der Waals surface area contributed by atoms with Gasteiger partial charge in [-0.05, 0) is 18.2 Å². The minimum Gasteiger partial charge on any atom is -0.480 e. The number of carbonyl (C=O) groups is 1. The molecule has 0 saturated heterocycles. The van der Waals surface area contributed by atoms with E-state index in [4.69, 9.17) is 10.5 Å². The first kappa shape index (κ1) is 12.6. The van der Waals surface area contributed by atoms with Crippen LogP contribution in [-0.4, -0.2) is 28.0 Å². The van der Waals surface area contributed by atoms with Crippen molar-refractivity contribution in [3.05, 3.63) is 40.8 Å². The number of aromatic nitrogens is 3. The number of hydrogen-bond acceptors (Lipinski definition) is 6. The Kier molecular flexibility index (Phi) is 3.42. The Morgan fingerprint density at radius 2 is 2.11 bits per heavy atom. The van der Waals surface area contributed by atoms with Crippen molar-refractivity contribution in [3.8, 4) is 17.4 Å². The van der Waals surface area contributed by atoms with E-state index in [0.717, 1.165) is 0 Å². The van der Waals surface area contributed by atoms with E-state index in [0.29, 0.717) is 5.88 Å². The Hall–Kier alpha value is -2.90. The molecule has 0 aromatic carbocycles. The van der Waals surface area contributed by atoms with Gasteiger partial charge >= 0.3 is 6.09 Å². The molecule has 0 fully saturated rings. The number of amides is 1. The molecule has 98 valence electrons. The third kappa shape index (κ3) is 2.68. The molecule has 0 saturated carbocycles. The fourth-order valence-corrected chi connectivity index (χ4v) is 1.39. The van der Waals surface area contributed by atoms with E-state index < -0.39 is 11.7 Å². The van der Waals surface area contributed by atoms with Crippen LogP contribution in [0.2, 0.25) is 0 Å². The van der Waals surface area contributed by atoms with Crippen LogP contribution in [0.3, 0.4) is 0 Å². The third-order valence-corrected chi connectivity index (χ3v) is 2.20. The number of ether oxygens (including phenoxy) is 2. The highest BCUT2D eigenvalue weighted by Gasteiger charge is 2.09. The summed E-state index contributed by atoms with van der Waals surface area (Å²) in [4.78, 5) is 22.7. The molecule has 0 radical (unpaired) electrons. The van der Waals surface area contributed by atoms with Crippen LogP contribution in [0, 0.1) is 0 Å². The molecule has 2 aromatic rings. The molecule has 2 heterocycles.